The lowest BCUT2D eigenvalue weighted by atomic mass is 10.1. The molecule has 172 valence electrons. The molecule has 12 nitrogen and oxygen atoms in total. The third-order valence-corrected chi connectivity index (χ3v) is 4.87. The van der Waals surface area contributed by atoms with Crippen molar-refractivity contribution in [3.63, 3.8) is 0 Å². The van der Waals surface area contributed by atoms with Crippen molar-refractivity contribution in [1.82, 2.24) is 16.0 Å². The minimum atomic E-state index is -1.70. The van der Waals surface area contributed by atoms with Gasteiger partial charge in [-0.3, -0.25) is 19.2 Å². The average Bonchev–Trinajstić information content (AvgIpc) is 2.66. The van der Waals surface area contributed by atoms with Crippen LogP contribution in [0.5, 0.6) is 0 Å². The molecule has 5 atom stereocenters. The molecule has 0 radical (unpaired) electrons. The molecule has 14 heteroatoms. The van der Waals surface area contributed by atoms with Crippen molar-refractivity contribution in [2.75, 3.05) is 17.8 Å². The predicted octanol–water partition coefficient (Wildman–Crippen LogP) is -2.61. The molecule has 0 saturated carbocycles. The Hall–Kier alpha value is -2.03. The summed E-state index contributed by atoms with van der Waals surface area (Å²) in [6, 6.07) is -5.42. The Bertz CT molecular complexity index is 634. The van der Waals surface area contributed by atoms with E-state index in [0.717, 1.165) is 6.92 Å². The quantitative estimate of drug-likeness (QED) is 0.125. The summed E-state index contributed by atoms with van der Waals surface area (Å²) in [5.74, 6) is -5.07. The summed E-state index contributed by atoms with van der Waals surface area (Å²) in [7, 11) is 0. The molecule has 30 heavy (non-hydrogen) atoms. The molecule has 0 aromatic rings. The molecular formula is C16H28N4O8S2. The van der Waals surface area contributed by atoms with Crippen LogP contribution in [0.1, 0.15) is 19.8 Å². The Morgan fingerprint density at radius 1 is 1.00 bits per heavy atom. The normalized spacial score (nSPS) is 15.8. The van der Waals surface area contributed by atoms with E-state index in [1.165, 1.54) is 11.8 Å². The summed E-state index contributed by atoms with van der Waals surface area (Å²) in [6.07, 6.45) is -0.364. The highest BCUT2D eigenvalue weighted by atomic mass is 32.2. The van der Waals surface area contributed by atoms with Gasteiger partial charge < -0.3 is 37.0 Å². The van der Waals surface area contributed by atoms with Gasteiger partial charge in [0, 0.05) is 5.75 Å². The minimum Gasteiger partial charge on any atom is -0.481 e. The molecule has 0 spiro atoms. The molecule has 3 amide bonds. The molecule has 0 fully saturated rings. The van der Waals surface area contributed by atoms with Gasteiger partial charge in [0.25, 0.3) is 0 Å². The van der Waals surface area contributed by atoms with Gasteiger partial charge in [-0.15, -0.1) is 0 Å². The Morgan fingerprint density at radius 3 is 1.97 bits per heavy atom. The van der Waals surface area contributed by atoms with E-state index in [4.69, 9.17) is 15.9 Å². The molecule has 0 bridgehead atoms. The number of aliphatic hydroxyl groups is 1. The number of rotatable bonds is 14. The van der Waals surface area contributed by atoms with E-state index >= 15 is 0 Å². The van der Waals surface area contributed by atoms with Crippen molar-refractivity contribution in [2.45, 2.75) is 50.0 Å². The fourth-order valence-electron chi connectivity index (χ4n) is 2.16. The summed E-state index contributed by atoms with van der Waals surface area (Å²) in [4.78, 5) is 59.2. The van der Waals surface area contributed by atoms with E-state index < -0.39 is 66.4 Å². The zero-order valence-corrected chi connectivity index (χ0v) is 18.2. The fourth-order valence-corrected chi connectivity index (χ4v) is 2.80. The number of carboxylic acid groups (broad SMARTS) is 2. The second-order valence-electron chi connectivity index (χ2n) is 6.36. The number of carbonyl (C=O) groups excluding carboxylic acids is 3. The summed E-state index contributed by atoms with van der Waals surface area (Å²) in [6.45, 7) is 1.13. The topological polar surface area (TPSA) is 208 Å². The number of aliphatic carboxylic acids is 2. The smallest absolute Gasteiger partial charge is 0.328 e. The highest BCUT2D eigenvalue weighted by molar-refractivity contribution is 7.98. The number of carbonyl (C=O) groups is 5. The Kier molecular flexibility index (Phi) is 13.1. The lowest BCUT2D eigenvalue weighted by Crippen LogP contribution is -2.58. The molecule has 0 heterocycles. The standard InChI is InChI=1S/C16H28N4O8S2/c1-7(21)12(16(27)28)20-15(26)10(5-11(22)23)19-14(25)9(3-4-30-2)18-13(24)8(17)6-29/h7-10,12,21,29H,3-6,17H2,1-2H3,(H,18,24)(H,19,25)(H,20,26)(H,22,23)(H,27,28). The van der Waals surface area contributed by atoms with Crippen LogP contribution in [0.25, 0.3) is 0 Å². The van der Waals surface area contributed by atoms with Crippen LogP contribution in [0.4, 0.5) is 0 Å². The van der Waals surface area contributed by atoms with Crippen LogP contribution in [0.3, 0.4) is 0 Å². The monoisotopic (exact) mass is 468 g/mol. The number of carboxylic acids is 2. The van der Waals surface area contributed by atoms with Crippen LogP contribution in [0.2, 0.25) is 0 Å². The number of thioether (sulfide) groups is 1. The number of hydrogen-bond acceptors (Lipinski definition) is 9. The van der Waals surface area contributed by atoms with Gasteiger partial charge in [-0.25, -0.2) is 4.79 Å². The van der Waals surface area contributed by atoms with Crippen molar-refractivity contribution in [2.24, 2.45) is 5.73 Å². The van der Waals surface area contributed by atoms with Crippen LogP contribution in [-0.4, -0.2) is 93.0 Å². The molecule has 0 saturated heterocycles. The first kappa shape index (κ1) is 28.0. The molecule has 0 aliphatic heterocycles. The van der Waals surface area contributed by atoms with Crippen LogP contribution in [0, 0.1) is 0 Å². The maximum absolute atomic E-state index is 12.6. The maximum Gasteiger partial charge on any atom is 0.328 e. The second kappa shape index (κ2) is 14.1. The van der Waals surface area contributed by atoms with Crippen molar-refractivity contribution >= 4 is 54.1 Å². The fraction of sp³-hybridized carbons (Fsp3) is 0.688. The number of amides is 3. The zero-order valence-electron chi connectivity index (χ0n) is 16.5. The van der Waals surface area contributed by atoms with Gasteiger partial charge >= 0.3 is 11.9 Å². The average molecular weight is 469 g/mol. The Labute approximate surface area is 183 Å². The molecule has 8 N–H and O–H groups in total. The van der Waals surface area contributed by atoms with Gasteiger partial charge in [0.2, 0.25) is 17.7 Å². The molecule has 0 aliphatic rings. The highest BCUT2D eigenvalue weighted by Crippen LogP contribution is 2.04. The van der Waals surface area contributed by atoms with Crippen LogP contribution in [0.15, 0.2) is 0 Å². The minimum absolute atomic E-state index is 0.0304. The van der Waals surface area contributed by atoms with Crippen molar-refractivity contribution < 1.29 is 39.3 Å². The number of thiol groups is 1. The highest BCUT2D eigenvalue weighted by Gasteiger charge is 2.32. The Balaban J connectivity index is 5.43. The number of nitrogens with two attached hydrogens (primary N) is 1. The first-order chi connectivity index (χ1) is 13.9. The zero-order chi connectivity index (χ0) is 23.4. The van der Waals surface area contributed by atoms with E-state index in [-0.39, 0.29) is 12.2 Å². The summed E-state index contributed by atoms with van der Waals surface area (Å²) in [5, 5.41) is 34.2. The second-order valence-corrected chi connectivity index (χ2v) is 7.71. The third-order valence-electron chi connectivity index (χ3n) is 3.84. The van der Waals surface area contributed by atoms with Crippen molar-refractivity contribution in [3.8, 4) is 0 Å². The molecule has 5 unspecified atom stereocenters. The largest absolute Gasteiger partial charge is 0.481 e. The van der Waals surface area contributed by atoms with Crippen LogP contribution in [-0.2, 0) is 24.0 Å². The van der Waals surface area contributed by atoms with Gasteiger partial charge in [0.05, 0.1) is 18.6 Å². The first-order valence-corrected chi connectivity index (χ1v) is 10.9. The van der Waals surface area contributed by atoms with Gasteiger partial charge in [-0.05, 0) is 25.4 Å². The van der Waals surface area contributed by atoms with Crippen LogP contribution >= 0.6 is 24.4 Å². The lowest BCUT2D eigenvalue weighted by Gasteiger charge is -2.25. The molecule has 0 aromatic carbocycles. The van der Waals surface area contributed by atoms with E-state index in [9.17, 15) is 29.1 Å². The van der Waals surface area contributed by atoms with E-state index in [0.29, 0.717) is 5.75 Å². The van der Waals surface area contributed by atoms with Crippen molar-refractivity contribution in [1.29, 1.82) is 0 Å². The predicted molar refractivity (Wildman–Crippen MR) is 112 cm³/mol. The van der Waals surface area contributed by atoms with Gasteiger partial charge in [-0.2, -0.15) is 24.4 Å². The number of hydrogen-bond donors (Lipinski definition) is 8. The first-order valence-electron chi connectivity index (χ1n) is 8.83. The molecule has 0 aliphatic carbocycles. The lowest BCUT2D eigenvalue weighted by molar-refractivity contribution is -0.146. The number of aliphatic hydroxyl groups excluding tert-OH is 1. The van der Waals surface area contributed by atoms with Crippen LogP contribution < -0.4 is 21.7 Å². The molecular weight excluding hydrogens is 440 g/mol. The Morgan fingerprint density at radius 2 is 1.53 bits per heavy atom. The SMILES string of the molecule is CSCCC(NC(=O)C(N)CS)C(=O)NC(CC(=O)O)C(=O)NC(C(=O)O)C(C)O. The van der Waals surface area contributed by atoms with Crippen molar-refractivity contribution in [3.05, 3.63) is 0 Å². The van der Waals surface area contributed by atoms with E-state index in [1.807, 2.05) is 5.32 Å². The molecule has 0 aromatic heterocycles. The third kappa shape index (κ3) is 10.1. The van der Waals surface area contributed by atoms with E-state index in [2.05, 4.69) is 23.3 Å². The summed E-state index contributed by atoms with van der Waals surface area (Å²) >= 11 is 5.30. The van der Waals surface area contributed by atoms with Gasteiger partial charge in [-0.1, -0.05) is 0 Å². The number of nitrogens with one attached hydrogen (secondary N) is 3. The maximum atomic E-state index is 12.6. The van der Waals surface area contributed by atoms with Gasteiger partial charge in [0.15, 0.2) is 6.04 Å². The van der Waals surface area contributed by atoms with E-state index in [1.54, 1.807) is 6.26 Å². The summed E-state index contributed by atoms with van der Waals surface area (Å²) < 4.78 is 0. The summed E-state index contributed by atoms with van der Waals surface area (Å²) in [5.41, 5.74) is 5.57. The van der Waals surface area contributed by atoms with Gasteiger partial charge in [0.1, 0.15) is 12.1 Å². The molecule has 0 rings (SSSR count).